The Kier molecular flexibility index (Phi) is 14.1. The number of carbonyl (C=O) groups is 1. The van der Waals surface area contributed by atoms with Crippen LogP contribution in [0.25, 0.3) is 0 Å². The quantitative estimate of drug-likeness (QED) is 0.380. The number of unbranched alkanes of at least 4 members (excludes halogenated alkanes) is 2. The van der Waals surface area contributed by atoms with Crippen molar-refractivity contribution in [2.24, 2.45) is 0 Å². The van der Waals surface area contributed by atoms with Crippen LogP contribution in [0.15, 0.2) is 0 Å². The van der Waals surface area contributed by atoms with E-state index in [1.807, 2.05) is 6.92 Å². The summed E-state index contributed by atoms with van der Waals surface area (Å²) in [4.78, 5) is 9.97. The smallest absolute Gasteiger partial charge is 0.550 e. The SMILES string of the molecule is CCC(F)CCCCCC(=O)[O-].[K+]. The van der Waals surface area contributed by atoms with Crippen LogP contribution < -0.4 is 56.5 Å². The van der Waals surface area contributed by atoms with Gasteiger partial charge in [-0.25, -0.2) is 4.39 Å². The first-order valence-electron chi connectivity index (χ1n) is 4.50. The van der Waals surface area contributed by atoms with E-state index >= 15 is 0 Å². The molecule has 0 aromatic heterocycles. The van der Waals surface area contributed by atoms with Crippen molar-refractivity contribution in [3.63, 3.8) is 0 Å². The molecule has 0 aliphatic heterocycles. The second-order valence-electron chi connectivity index (χ2n) is 2.98. The van der Waals surface area contributed by atoms with Gasteiger partial charge in [-0.3, -0.25) is 0 Å². The Balaban J connectivity index is 0. The summed E-state index contributed by atoms with van der Waals surface area (Å²) in [6.45, 7) is 1.81. The topological polar surface area (TPSA) is 40.1 Å². The Bertz CT molecular complexity index is 131. The van der Waals surface area contributed by atoms with Crippen LogP contribution in [0.4, 0.5) is 4.39 Å². The summed E-state index contributed by atoms with van der Waals surface area (Å²) >= 11 is 0. The van der Waals surface area contributed by atoms with Crippen LogP contribution in [0, 0.1) is 0 Å². The predicted octanol–water partition coefficient (Wildman–Crippen LogP) is -1.56. The van der Waals surface area contributed by atoms with Crippen LogP contribution in [-0.2, 0) is 4.79 Å². The molecule has 1 unspecified atom stereocenters. The number of rotatable bonds is 7. The summed E-state index contributed by atoms with van der Waals surface area (Å²) in [6, 6.07) is 0. The Morgan fingerprint density at radius 2 is 2.00 bits per heavy atom. The fraction of sp³-hybridized carbons (Fsp3) is 0.889. The Labute approximate surface area is 122 Å². The van der Waals surface area contributed by atoms with Gasteiger partial charge >= 0.3 is 51.4 Å². The molecule has 13 heavy (non-hydrogen) atoms. The zero-order valence-electron chi connectivity index (χ0n) is 8.51. The average Bonchev–Trinajstić information content (AvgIpc) is 2.03. The zero-order valence-corrected chi connectivity index (χ0v) is 11.6. The largest absolute Gasteiger partial charge is 1.00 e. The van der Waals surface area contributed by atoms with Crippen LogP contribution >= 0.6 is 0 Å². The Hall–Kier alpha value is 1.04. The number of aliphatic carboxylic acids is 1. The molecule has 0 radical (unpaired) electrons. The summed E-state index contributed by atoms with van der Waals surface area (Å²) in [7, 11) is 0. The van der Waals surface area contributed by atoms with Crippen LogP contribution in [0.5, 0.6) is 0 Å². The van der Waals surface area contributed by atoms with Gasteiger partial charge in [-0.05, 0) is 25.7 Å². The van der Waals surface area contributed by atoms with Gasteiger partial charge in [0.1, 0.15) is 0 Å². The van der Waals surface area contributed by atoms with Crippen molar-refractivity contribution >= 4 is 5.97 Å². The molecule has 0 fully saturated rings. The fourth-order valence-electron chi connectivity index (χ4n) is 1.02. The monoisotopic (exact) mass is 214 g/mol. The zero-order chi connectivity index (χ0) is 9.40. The number of hydrogen-bond donors (Lipinski definition) is 0. The minimum absolute atomic E-state index is 0. The second-order valence-corrected chi connectivity index (χ2v) is 2.98. The number of carbonyl (C=O) groups excluding carboxylic acids is 1. The van der Waals surface area contributed by atoms with Crippen molar-refractivity contribution < 1.29 is 65.7 Å². The molecule has 0 saturated heterocycles. The molecule has 2 nitrogen and oxygen atoms in total. The van der Waals surface area contributed by atoms with Crippen LogP contribution in [0.3, 0.4) is 0 Å². The van der Waals surface area contributed by atoms with Crippen LogP contribution in [0.2, 0.25) is 0 Å². The molecule has 0 bridgehead atoms. The van der Waals surface area contributed by atoms with Gasteiger partial charge in [0, 0.05) is 5.97 Å². The number of carboxylic acids is 1. The molecular weight excluding hydrogens is 198 g/mol. The van der Waals surface area contributed by atoms with Gasteiger partial charge in [0.25, 0.3) is 0 Å². The summed E-state index contributed by atoms with van der Waals surface area (Å²) in [6.07, 6.45) is 2.68. The molecule has 0 N–H and O–H groups in total. The Morgan fingerprint density at radius 3 is 2.46 bits per heavy atom. The van der Waals surface area contributed by atoms with Gasteiger partial charge in [-0.1, -0.05) is 19.8 Å². The summed E-state index contributed by atoms with van der Waals surface area (Å²) in [5.41, 5.74) is 0. The molecule has 4 heteroatoms. The van der Waals surface area contributed by atoms with Crippen molar-refractivity contribution in [1.82, 2.24) is 0 Å². The van der Waals surface area contributed by atoms with Crippen molar-refractivity contribution in [2.75, 3.05) is 0 Å². The summed E-state index contributed by atoms with van der Waals surface area (Å²) < 4.78 is 12.6. The Morgan fingerprint density at radius 1 is 1.38 bits per heavy atom. The maximum absolute atomic E-state index is 12.6. The van der Waals surface area contributed by atoms with Gasteiger partial charge in [0.15, 0.2) is 0 Å². The van der Waals surface area contributed by atoms with Gasteiger partial charge in [0.2, 0.25) is 0 Å². The first-order chi connectivity index (χ1) is 5.66. The third-order valence-corrected chi connectivity index (χ3v) is 1.84. The van der Waals surface area contributed by atoms with Gasteiger partial charge < -0.3 is 9.90 Å². The van der Waals surface area contributed by atoms with Crippen LogP contribution in [0.1, 0.15) is 45.4 Å². The van der Waals surface area contributed by atoms with E-state index < -0.39 is 12.1 Å². The number of hydrogen-bond acceptors (Lipinski definition) is 2. The van der Waals surface area contributed by atoms with E-state index in [0.29, 0.717) is 19.3 Å². The average molecular weight is 214 g/mol. The van der Waals surface area contributed by atoms with E-state index in [2.05, 4.69) is 0 Å². The van der Waals surface area contributed by atoms with Gasteiger partial charge in [0.05, 0.1) is 6.17 Å². The third kappa shape index (κ3) is 13.0. The molecule has 0 spiro atoms. The van der Waals surface area contributed by atoms with E-state index in [9.17, 15) is 14.3 Å². The third-order valence-electron chi connectivity index (χ3n) is 1.84. The van der Waals surface area contributed by atoms with Gasteiger partial charge in [-0.15, -0.1) is 0 Å². The molecule has 0 aliphatic carbocycles. The maximum Gasteiger partial charge on any atom is 1.00 e. The standard InChI is InChI=1S/C9H17FO2.K/c1-2-8(10)6-4-3-5-7-9(11)12;/h8H,2-7H2,1H3,(H,11,12);/q;+1/p-1. The van der Waals surface area contributed by atoms with E-state index in [4.69, 9.17) is 0 Å². The van der Waals surface area contributed by atoms with Crippen molar-refractivity contribution in [3.05, 3.63) is 0 Å². The normalized spacial score (nSPS) is 11.8. The fourth-order valence-corrected chi connectivity index (χ4v) is 1.02. The summed E-state index contributed by atoms with van der Waals surface area (Å²) in [5.74, 6) is -1.01. The molecule has 72 valence electrons. The molecule has 0 aromatic rings. The molecule has 0 heterocycles. The van der Waals surface area contributed by atoms with Crippen molar-refractivity contribution in [3.8, 4) is 0 Å². The molecular formula is C9H16FKO2. The molecule has 0 amide bonds. The van der Waals surface area contributed by atoms with Crippen molar-refractivity contribution in [1.29, 1.82) is 0 Å². The van der Waals surface area contributed by atoms with Crippen LogP contribution in [-0.4, -0.2) is 12.1 Å². The molecule has 0 aromatic carbocycles. The minimum atomic E-state index is -1.01. The minimum Gasteiger partial charge on any atom is -0.550 e. The first-order valence-corrected chi connectivity index (χ1v) is 4.50. The number of carboxylic acid groups (broad SMARTS) is 1. The molecule has 0 rings (SSSR count). The number of alkyl halides is 1. The van der Waals surface area contributed by atoms with E-state index in [-0.39, 0.29) is 57.8 Å². The molecule has 1 atom stereocenters. The van der Waals surface area contributed by atoms with Gasteiger partial charge in [-0.2, -0.15) is 0 Å². The van der Waals surface area contributed by atoms with E-state index in [0.717, 1.165) is 12.8 Å². The number of halogens is 1. The summed E-state index contributed by atoms with van der Waals surface area (Å²) in [5, 5.41) is 9.97. The van der Waals surface area contributed by atoms with E-state index in [1.54, 1.807) is 0 Å². The second kappa shape index (κ2) is 11.1. The predicted molar refractivity (Wildman–Crippen MR) is 43.3 cm³/mol. The molecule has 0 saturated carbocycles. The van der Waals surface area contributed by atoms with E-state index in [1.165, 1.54) is 0 Å². The van der Waals surface area contributed by atoms with Crippen molar-refractivity contribution in [2.45, 2.75) is 51.6 Å². The molecule has 0 aliphatic rings. The first kappa shape index (κ1) is 16.5. The maximum atomic E-state index is 12.6.